The zero-order valence-electron chi connectivity index (χ0n) is 8.39. The molecule has 1 aromatic heterocycles. The summed E-state index contributed by atoms with van der Waals surface area (Å²) in [4.78, 5) is 3.45. The Morgan fingerprint density at radius 1 is 1.40 bits per heavy atom. The van der Waals surface area contributed by atoms with Crippen LogP contribution >= 0.6 is 11.6 Å². The van der Waals surface area contributed by atoms with Crippen LogP contribution in [0.2, 0.25) is 5.02 Å². The van der Waals surface area contributed by atoms with E-state index in [0.717, 1.165) is 24.3 Å². The fourth-order valence-corrected chi connectivity index (χ4v) is 2.59. The van der Waals surface area contributed by atoms with E-state index in [1.807, 2.05) is 18.2 Å². The van der Waals surface area contributed by atoms with Crippen molar-refractivity contribution in [3.05, 3.63) is 34.5 Å². The number of nitrogens with one attached hydrogen (secondary N) is 1. The van der Waals surface area contributed by atoms with Crippen molar-refractivity contribution in [3.8, 4) is 0 Å². The van der Waals surface area contributed by atoms with Crippen molar-refractivity contribution in [1.29, 1.82) is 0 Å². The number of halogens is 1. The van der Waals surface area contributed by atoms with Crippen molar-refractivity contribution in [2.75, 3.05) is 0 Å². The summed E-state index contributed by atoms with van der Waals surface area (Å²) in [5, 5.41) is 2.04. The van der Waals surface area contributed by atoms with Gasteiger partial charge in [0.15, 0.2) is 0 Å². The van der Waals surface area contributed by atoms with Crippen LogP contribution in [0.25, 0.3) is 10.9 Å². The van der Waals surface area contributed by atoms with Crippen LogP contribution in [0, 0.1) is 0 Å². The summed E-state index contributed by atoms with van der Waals surface area (Å²) in [6.45, 7) is 0. The molecule has 1 heterocycles. The minimum Gasteiger partial charge on any atom is -0.358 e. The first-order valence-electron chi connectivity index (χ1n) is 5.28. The minimum absolute atomic E-state index is 0.301. The minimum atomic E-state index is 0.301. The monoisotopic (exact) mass is 220 g/mol. The summed E-state index contributed by atoms with van der Waals surface area (Å²) in [7, 11) is 0. The highest BCUT2D eigenvalue weighted by atomic mass is 35.5. The van der Waals surface area contributed by atoms with E-state index < -0.39 is 0 Å². The number of rotatable bonds is 0. The number of hydrogen-bond acceptors (Lipinski definition) is 1. The molecule has 3 heteroatoms. The van der Waals surface area contributed by atoms with E-state index in [-0.39, 0.29) is 0 Å². The van der Waals surface area contributed by atoms with Crippen molar-refractivity contribution in [2.24, 2.45) is 5.73 Å². The van der Waals surface area contributed by atoms with Gasteiger partial charge in [-0.2, -0.15) is 0 Å². The van der Waals surface area contributed by atoms with Crippen LogP contribution in [-0.2, 0) is 12.8 Å². The lowest BCUT2D eigenvalue weighted by Crippen LogP contribution is -2.27. The van der Waals surface area contributed by atoms with Gasteiger partial charge in [-0.25, -0.2) is 0 Å². The number of benzene rings is 1. The first-order valence-corrected chi connectivity index (χ1v) is 5.66. The van der Waals surface area contributed by atoms with E-state index in [1.165, 1.54) is 22.2 Å². The molecule has 0 aliphatic heterocycles. The number of H-pyrrole nitrogens is 1. The summed E-state index contributed by atoms with van der Waals surface area (Å²) in [6.07, 6.45) is 3.10. The number of aryl methyl sites for hydroxylation is 1. The molecule has 0 amide bonds. The van der Waals surface area contributed by atoms with Crippen molar-refractivity contribution in [3.63, 3.8) is 0 Å². The van der Waals surface area contributed by atoms with Gasteiger partial charge < -0.3 is 10.7 Å². The fourth-order valence-electron chi connectivity index (χ4n) is 2.42. The molecule has 0 saturated heterocycles. The van der Waals surface area contributed by atoms with Crippen molar-refractivity contribution in [1.82, 2.24) is 4.98 Å². The average Bonchev–Trinajstić information content (AvgIpc) is 2.56. The molecule has 1 atom stereocenters. The molecule has 2 aromatic rings. The molecule has 15 heavy (non-hydrogen) atoms. The van der Waals surface area contributed by atoms with Crippen LogP contribution in [0.3, 0.4) is 0 Å². The first-order chi connectivity index (χ1) is 7.24. The van der Waals surface area contributed by atoms with Gasteiger partial charge in [0.25, 0.3) is 0 Å². The number of nitrogens with two attached hydrogens (primary N) is 1. The highest BCUT2D eigenvalue weighted by Crippen LogP contribution is 2.30. The zero-order chi connectivity index (χ0) is 10.4. The summed E-state index contributed by atoms with van der Waals surface area (Å²) >= 11 is 6.01. The average molecular weight is 221 g/mol. The number of fused-ring (bicyclic) bond motifs is 3. The number of aromatic amines is 1. The van der Waals surface area contributed by atoms with E-state index in [0.29, 0.717) is 6.04 Å². The summed E-state index contributed by atoms with van der Waals surface area (Å²) in [5.41, 5.74) is 9.88. The molecule has 1 aliphatic carbocycles. The highest BCUT2D eigenvalue weighted by molar-refractivity contribution is 6.31. The van der Waals surface area contributed by atoms with Crippen molar-refractivity contribution < 1.29 is 0 Å². The van der Waals surface area contributed by atoms with Gasteiger partial charge in [-0.1, -0.05) is 11.6 Å². The smallest absolute Gasteiger partial charge is 0.0460 e. The normalized spacial score (nSPS) is 20.5. The molecule has 2 nitrogen and oxygen atoms in total. The van der Waals surface area contributed by atoms with Gasteiger partial charge in [0.05, 0.1) is 0 Å². The van der Waals surface area contributed by atoms with Gasteiger partial charge in [0.1, 0.15) is 0 Å². The Balaban J connectivity index is 2.25. The van der Waals surface area contributed by atoms with Gasteiger partial charge in [0, 0.05) is 27.7 Å². The van der Waals surface area contributed by atoms with E-state index in [4.69, 9.17) is 17.3 Å². The second-order valence-electron chi connectivity index (χ2n) is 4.27. The lowest BCUT2D eigenvalue weighted by molar-refractivity contribution is 0.574. The number of hydrogen-bond donors (Lipinski definition) is 2. The predicted octanol–water partition coefficient (Wildman–Crippen LogP) is 2.64. The molecule has 0 unspecified atom stereocenters. The Morgan fingerprint density at radius 2 is 2.27 bits per heavy atom. The lowest BCUT2D eigenvalue weighted by atomic mass is 9.92. The molecule has 0 spiro atoms. The molecular formula is C12H13ClN2. The Morgan fingerprint density at radius 3 is 3.13 bits per heavy atom. The standard InChI is InChI=1S/C12H13ClN2/c13-7-1-3-11-9(5-7)10-6-8(14)2-4-12(10)15-11/h1,3,5,8,15H,2,4,6,14H2/t8-/m1/s1. The number of aromatic nitrogens is 1. The Hall–Kier alpha value is -0.990. The zero-order valence-corrected chi connectivity index (χ0v) is 9.14. The molecular weight excluding hydrogens is 208 g/mol. The SMILES string of the molecule is N[C@@H]1CCc2[nH]c3ccc(Cl)cc3c2C1. The van der Waals surface area contributed by atoms with Crippen molar-refractivity contribution in [2.45, 2.75) is 25.3 Å². The van der Waals surface area contributed by atoms with E-state index >= 15 is 0 Å². The maximum Gasteiger partial charge on any atom is 0.0460 e. The summed E-state index contributed by atoms with van der Waals surface area (Å²) < 4.78 is 0. The fraction of sp³-hybridized carbons (Fsp3) is 0.333. The van der Waals surface area contributed by atoms with Crippen LogP contribution in [0.1, 0.15) is 17.7 Å². The quantitative estimate of drug-likeness (QED) is 0.704. The van der Waals surface area contributed by atoms with Crippen LogP contribution in [0.4, 0.5) is 0 Å². The molecule has 0 saturated carbocycles. The molecule has 0 fully saturated rings. The second kappa shape index (κ2) is 3.26. The Kier molecular flexibility index (Phi) is 2.01. The maximum absolute atomic E-state index is 6.01. The summed E-state index contributed by atoms with van der Waals surface area (Å²) in [5.74, 6) is 0. The van der Waals surface area contributed by atoms with Gasteiger partial charge in [-0.15, -0.1) is 0 Å². The maximum atomic E-state index is 6.01. The molecule has 3 N–H and O–H groups in total. The van der Waals surface area contributed by atoms with Crippen molar-refractivity contribution >= 4 is 22.5 Å². The van der Waals surface area contributed by atoms with E-state index in [2.05, 4.69) is 4.98 Å². The van der Waals surface area contributed by atoms with Crippen LogP contribution < -0.4 is 5.73 Å². The Bertz CT molecular complexity index is 516. The third-order valence-electron chi connectivity index (χ3n) is 3.19. The van der Waals surface area contributed by atoms with E-state index in [1.54, 1.807) is 0 Å². The third-order valence-corrected chi connectivity index (χ3v) is 3.42. The lowest BCUT2D eigenvalue weighted by Gasteiger charge is -2.18. The molecule has 0 radical (unpaired) electrons. The van der Waals surface area contributed by atoms with Gasteiger partial charge in [0.2, 0.25) is 0 Å². The van der Waals surface area contributed by atoms with Gasteiger partial charge in [-0.05, 0) is 43.0 Å². The molecule has 1 aliphatic rings. The third kappa shape index (κ3) is 1.45. The van der Waals surface area contributed by atoms with Crippen LogP contribution in [0.15, 0.2) is 18.2 Å². The summed E-state index contributed by atoms with van der Waals surface area (Å²) in [6, 6.07) is 6.30. The largest absolute Gasteiger partial charge is 0.358 e. The first kappa shape index (κ1) is 9.25. The molecule has 78 valence electrons. The second-order valence-corrected chi connectivity index (χ2v) is 4.71. The van der Waals surface area contributed by atoms with Gasteiger partial charge >= 0.3 is 0 Å². The molecule has 3 rings (SSSR count). The van der Waals surface area contributed by atoms with Crippen LogP contribution in [0.5, 0.6) is 0 Å². The topological polar surface area (TPSA) is 41.8 Å². The van der Waals surface area contributed by atoms with Gasteiger partial charge in [-0.3, -0.25) is 0 Å². The predicted molar refractivity (Wildman–Crippen MR) is 63.3 cm³/mol. The molecule has 1 aromatic carbocycles. The molecule has 0 bridgehead atoms. The van der Waals surface area contributed by atoms with E-state index in [9.17, 15) is 0 Å². The highest BCUT2D eigenvalue weighted by Gasteiger charge is 2.19. The Labute approximate surface area is 93.4 Å². The van der Waals surface area contributed by atoms with Crippen LogP contribution in [-0.4, -0.2) is 11.0 Å².